The molecule has 0 heterocycles. The fraction of sp³-hybridized carbons (Fsp3) is 0.750. The van der Waals surface area contributed by atoms with Gasteiger partial charge in [0.05, 0.1) is 0 Å². The van der Waals surface area contributed by atoms with E-state index in [0.29, 0.717) is 5.92 Å². The molecule has 0 atom stereocenters. The molecular formula is C4H11NY41-2. The topological polar surface area (TPSA) is 33.5 Å². The molecule has 0 saturated heterocycles. The zero-order chi connectivity index (χ0) is 3.58. The van der Waals surface area contributed by atoms with Gasteiger partial charge < -0.3 is 13.1 Å². The zero-order valence-corrected chi connectivity index (χ0v) is 144. The molecule has 0 saturated carbocycles. The van der Waals surface area contributed by atoms with Crippen LogP contribution < -0.4 is 0 Å². The first-order valence-electron chi connectivity index (χ1n) is 1.56. The second kappa shape index (κ2) is 309. The van der Waals surface area contributed by atoms with E-state index in [1.165, 1.54) is 0 Å². The van der Waals surface area contributed by atoms with Crippen molar-refractivity contribution < 1.29 is 1340 Å². The summed E-state index contributed by atoms with van der Waals surface area (Å²) in [5.41, 5.74) is 0. The molecule has 0 aromatic rings. The summed E-state index contributed by atoms with van der Waals surface area (Å²) < 4.78 is 0. The molecular weight excluding hydrogens is 3710 g/mol. The van der Waals surface area contributed by atoms with Gasteiger partial charge in [-0.15, -0.1) is 0 Å². The number of rotatable bonds is 0. The molecule has 0 spiro atoms. The van der Waals surface area contributed by atoms with E-state index < -0.39 is 0 Å². The first kappa shape index (κ1) is 319. The van der Waals surface area contributed by atoms with Gasteiger partial charge in [0.15, 0.2) is 0 Å². The van der Waals surface area contributed by atoms with Crippen molar-refractivity contribution in [1.29, 1.82) is 0 Å². The molecule has 0 aliphatic heterocycles. The SMILES string of the molecule is [CH2-]C(C)C.[NH2-].[Y].[Y].[Y].[Y].[Y].[Y].[Y].[Y].[Y].[Y].[Y].[Y].[Y].[Y].[Y].[Y].[Y].[Y].[Y].[Y].[Y].[Y].[Y].[Y].[Y].[Y].[Y].[Y].[Y].[Y].[Y].[Y].[Y].[Y].[Y].[Y].[Y].[Y].[Y].[Y].[Y]. The summed E-state index contributed by atoms with van der Waals surface area (Å²) in [5.74, 6) is 0.583. The van der Waals surface area contributed by atoms with Gasteiger partial charge in [-0.25, -0.2) is 0 Å². The molecule has 0 aromatic carbocycles. The molecule has 0 amide bonds. The zero-order valence-electron chi connectivity index (χ0n) is 27.5. The Kier molecular flexibility index (Phi) is 2140. The van der Waals surface area contributed by atoms with Crippen molar-refractivity contribution in [3.05, 3.63) is 13.1 Å². The van der Waals surface area contributed by atoms with E-state index in [1.807, 2.05) is 0 Å². The molecule has 42 heteroatoms. The molecule has 0 aliphatic rings. The molecule has 0 bridgehead atoms. The van der Waals surface area contributed by atoms with Crippen LogP contribution in [-0.4, -0.2) is 0 Å². The van der Waals surface area contributed by atoms with E-state index in [2.05, 4.69) is 20.8 Å². The van der Waals surface area contributed by atoms with Gasteiger partial charge >= 0.3 is 0 Å². The van der Waals surface area contributed by atoms with Gasteiger partial charge in [-0.3, -0.25) is 0 Å². The monoisotopic (exact) mass is 3720 g/mol. The fourth-order valence-corrected chi connectivity index (χ4v) is 0. The van der Waals surface area contributed by atoms with Gasteiger partial charge in [0.25, 0.3) is 0 Å². The number of hydrogen-bond donors (Lipinski definition) is 0. The van der Waals surface area contributed by atoms with Crippen LogP contribution in [0.1, 0.15) is 13.8 Å². The summed E-state index contributed by atoms with van der Waals surface area (Å²) in [6.07, 6.45) is 0. The first-order valence-corrected chi connectivity index (χ1v) is 1.56. The molecule has 0 unspecified atom stereocenters. The van der Waals surface area contributed by atoms with E-state index in [-0.39, 0.29) is 1350 Å². The Labute approximate surface area is 1320 Å². The predicted octanol–water partition coefficient (Wildman–Crippen LogP) is 2.09. The van der Waals surface area contributed by atoms with Crippen LogP contribution in [0, 0.1) is 12.8 Å². The molecule has 1 nitrogen and oxygen atoms in total. The van der Waals surface area contributed by atoms with E-state index in [0.717, 1.165) is 0 Å². The Morgan fingerprint density at radius 2 is 0.174 bits per heavy atom. The van der Waals surface area contributed by atoms with Gasteiger partial charge in [0.2, 0.25) is 0 Å². The van der Waals surface area contributed by atoms with Crippen molar-refractivity contribution in [2.24, 2.45) is 5.92 Å². The van der Waals surface area contributed by atoms with Crippen LogP contribution in [-0.2, 0) is 1340 Å². The fourth-order valence-electron chi connectivity index (χ4n) is 0. The van der Waals surface area contributed by atoms with Gasteiger partial charge in [-0.2, -0.15) is 5.92 Å². The van der Waals surface area contributed by atoms with Crippen LogP contribution in [0.15, 0.2) is 0 Å². The largest absolute Gasteiger partial charge is 0.693 e. The van der Waals surface area contributed by atoms with E-state index >= 15 is 0 Å². The first-order chi connectivity index (χ1) is 1.73. The molecule has 0 fully saturated rings. The predicted molar refractivity (Wildman–Crippen MR) is 25.5 cm³/mol. The maximum Gasteiger partial charge on any atom is 0 e. The minimum absolute atomic E-state index is 0. The van der Waals surface area contributed by atoms with Crippen LogP contribution in [0.4, 0.5) is 0 Å². The van der Waals surface area contributed by atoms with Crippen LogP contribution in [0.2, 0.25) is 0 Å². The summed E-state index contributed by atoms with van der Waals surface area (Å²) in [6, 6.07) is 0. The average Bonchev–Trinajstić information content (AvgIpc) is 0.811. The summed E-state index contributed by atoms with van der Waals surface area (Å²) in [5, 5.41) is 0. The number of hydrogen-bond acceptors (Lipinski definition) is 0. The third-order valence-electron chi connectivity index (χ3n) is 0. The molecule has 157 valence electrons. The van der Waals surface area contributed by atoms with Crippen molar-refractivity contribution in [3.8, 4) is 0 Å². The molecule has 2 N–H and O–H groups in total. The van der Waals surface area contributed by atoms with Gasteiger partial charge in [0.1, 0.15) is 0 Å². The third-order valence-corrected chi connectivity index (χ3v) is 0. The Morgan fingerprint density at radius 3 is 0.174 bits per heavy atom. The minimum Gasteiger partial charge on any atom is -0.693 e. The summed E-state index contributed by atoms with van der Waals surface area (Å²) in [6.45, 7) is 7.75. The Balaban J connectivity index is -0.0000000000523. The molecule has 41 radical (unpaired) electrons. The molecule has 0 rings (SSSR count). The minimum atomic E-state index is 0. The van der Waals surface area contributed by atoms with Crippen molar-refractivity contribution in [3.63, 3.8) is 0 Å². The summed E-state index contributed by atoms with van der Waals surface area (Å²) >= 11 is 0. The Hall–Kier alpha value is 45.2. The maximum absolute atomic E-state index is 3.64. The smallest absolute Gasteiger partial charge is 0 e. The van der Waals surface area contributed by atoms with Crippen molar-refractivity contribution in [2.75, 3.05) is 0 Å². The van der Waals surface area contributed by atoms with Gasteiger partial charge in [0, 0.05) is 1340 Å². The molecule has 0 aliphatic carbocycles. The second-order valence-corrected chi connectivity index (χ2v) is 1.39. The van der Waals surface area contributed by atoms with Crippen molar-refractivity contribution in [2.45, 2.75) is 13.8 Å². The van der Waals surface area contributed by atoms with Crippen molar-refractivity contribution in [1.82, 2.24) is 0 Å². The molecule has 0 aromatic heterocycles. The van der Waals surface area contributed by atoms with Crippen LogP contribution in [0.25, 0.3) is 6.15 Å². The summed E-state index contributed by atoms with van der Waals surface area (Å²) in [4.78, 5) is 0. The van der Waals surface area contributed by atoms with Crippen LogP contribution in [0.5, 0.6) is 0 Å². The van der Waals surface area contributed by atoms with Gasteiger partial charge in [-0.05, 0) is 0 Å². The average molecular weight is 3720 g/mol. The number of nitrogens with two attached hydrogens (primary N) is 1. The summed E-state index contributed by atoms with van der Waals surface area (Å²) in [7, 11) is 0. The van der Waals surface area contributed by atoms with Crippen LogP contribution >= 0.6 is 0 Å². The van der Waals surface area contributed by atoms with Crippen molar-refractivity contribution >= 4 is 0 Å². The second-order valence-electron chi connectivity index (χ2n) is 1.39. The Bertz CT molecular complexity index is 31.2. The quantitative estimate of drug-likeness (QED) is 0.334. The van der Waals surface area contributed by atoms with Crippen LogP contribution in [0.3, 0.4) is 0 Å². The Morgan fingerprint density at radius 1 is 0.174 bits per heavy atom. The standard InChI is InChI=1S/C4H9.H2N.41Y/c1-4(2)3;;;;;;;;;;;;;;;;;;;;;;;;;;;;;;;;;;;;;;;;;;/h4H,1H2,2-3H3;1H2;;;;;;;;;;;;;;;;;;;;;;;;;;;;;;;;;;;;;;;;;/q2*-1;;;;;;;;;;;;;;;;;;;;;;;;;;;;;;;;;;;;;;;;;. The van der Waals surface area contributed by atoms with E-state index in [1.54, 1.807) is 0 Å². The normalized spacial score (nSPS) is 0.783. The van der Waals surface area contributed by atoms with Gasteiger partial charge in [-0.1, -0.05) is 13.8 Å². The third kappa shape index (κ3) is 340. The maximum atomic E-state index is 3.64. The van der Waals surface area contributed by atoms with E-state index in [4.69, 9.17) is 0 Å². The molecule has 46 heavy (non-hydrogen) atoms. The van der Waals surface area contributed by atoms with E-state index in [9.17, 15) is 0 Å².